The summed E-state index contributed by atoms with van der Waals surface area (Å²) >= 11 is 7.49. The lowest BCUT2D eigenvalue weighted by Gasteiger charge is -2.20. The van der Waals surface area contributed by atoms with E-state index in [0.29, 0.717) is 26.8 Å². The minimum atomic E-state index is -0.422. The number of hydrogen-bond acceptors (Lipinski definition) is 4. The molecule has 2 amide bonds. The van der Waals surface area contributed by atoms with Gasteiger partial charge in [-0.3, -0.25) is 9.59 Å². The number of carbonyl (C=O) groups excluding carboxylic acids is 2. The van der Waals surface area contributed by atoms with Crippen molar-refractivity contribution >= 4 is 46.1 Å². The Labute approximate surface area is 178 Å². The second kappa shape index (κ2) is 8.27. The molecule has 5 nitrogen and oxygen atoms in total. The van der Waals surface area contributed by atoms with Gasteiger partial charge in [0.05, 0.1) is 21.3 Å². The third-order valence-electron chi connectivity index (χ3n) is 4.33. The average molecular weight is 429 g/mol. The summed E-state index contributed by atoms with van der Waals surface area (Å²) in [6.45, 7) is 6.15. The quantitative estimate of drug-likeness (QED) is 0.452. The number of carbonyl (C=O) groups is 2. The summed E-state index contributed by atoms with van der Waals surface area (Å²) in [6, 6.07) is 13.2. The van der Waals surface area contributed by atoms with E-state index < -0.39 is 5.91 Å². The maximum absolute atomic E-state index is 12.7. The molecule has 0 atom stereocenters. The number of anilines is 2. The van der Waals surface area contributed by atoms with Gasteiger partial charge in [0.2, 0.25) is 0 Å². The molecule has 150 valence electrons. The first-order chi connectivity index (χ1) is 13.6. The Morgan fingerprint density at radius 1 is 0.966 bits per heavy atom. The van der Waals surface area contributed by atoms with Gasteiger partial charge in [0.15, 0.2) is 0 Å². The van der Waals surface area contributed by atoms with E-state index >= 15 is 0 Å². The normalized spacial score (nSPS) is 11.2. The topological polar surface area (TPSA) is 78.4 Å². The first-order valence-electron chi connectivity index (χ1n) is 8.94. The Kier molecular flexibility index (Phi) is 5.96. The molecule has 0 saturated heterocycles. The maximum atomic E-state index is 12.7. The lowest BCUT2D eigenvalue weighted by atomic mass is 9.87. The summed E-state index contributed by atoms with van der Waals surface area (Å²) in [5, 5.41) is 17.7. The minimum absolute atomic E-state index is 0.0217. The molecule has 7 heteroatoms. The molecule has 0 aliphatic rings. The molecule has 0 fully saturated rings. The Morgan fingerprint density at radius 2 is 1.69 bits per heavy atom. The molecule has 2 aromatic carbocycles. The van der Waals surface area contributed by atoms with Crippen molar-refractivity contribution in [3.63, 3.8) is 0 Å². The number of rotatable bonds is 4. The number of phenolic OH excluding ortho intramolecular Hbond substituents is 1. The van der Waals surface area contributed by atoms with Crippen LogP contribution in [0.2, 0.25) is 5.02 Å². The van der Waals surface area contributed by atoms with Crippen LogP contribution in [0.15, 0.2) is 53.9 Å². The van der Waals surface area contributed by atoms with Crippen molar-refractivity contribution in [2.75, 3.05) is 10.6 Å². The van der Waals surface area contributed by atoms with Crippen LogP contribution in [0, 0.1) is 0 Å². The number of nitrogens with one attached hydrogen (secondary N) is 2. The molecule has 1 aromatic heterocycles. The molecule has 0 spiro atoms. The molecule has 0 saturated carbocycles. The van der Waals surface area contributed by atoms with Crippen LogP contribution in [0.5, 0.6) is 5.75 Å². The van der Waals surface area contributed by atoms with Gasteiger partial charge < -0.3 is 15.7 Å². The fraction of sp³-hybridized carbons (Fsp3) is 0.182. The Bertz CT molecular complexity index is 1060. The average Bonchev–Trinajstić information content (AvgIpc) is 3.19. The highest BCUT2D eigenvalue weighted by Gasteiger charge is 2.18. The first-order valence-corrected chi connectivity index (χ1v) is 10.2. The van der Waals surface area contributed by atoms with Crippen molar-refractivity contribution < 1.29 is 14.7 Å². The summed E-state index contributed by atoms with van der Waals surface area (Å²) < 4.78 is 0. The van der Waals surface area contributed by atoms with Crippen molar-refractivity contribution in [3.8, 4) is 5.75 Å². The van der Waals surface area contributed by atoms with E-state index in [9.17, 15) is 14.7 Å². The number of thiophene rings is 1. The van der Waals surface area contributed by atoms with Gasteiger partial charge in [-0.05, 0) is 52.8 Å². The molecule has 3 N–H and O–H groups in total. The van der Waals surface area contributed by atoms with Crippen LogP contribution >= 0.6 is 22.9 Å². The van der Waals surface area contributed by atoms with Crippen LogP contribution in [0.4, 0.5) is 11.4 Å². The summed E-state index contributed by atoms with van der Waals surface area (Å²) in [6.07, 6.45) is 0. The van der Waals surface area contributed by atoms with Gasteiger partial charge in [0.1, 0.15) is 5.75 Å². The SMILES string of the molecule is CC(C)(C)c1ccc(O)c(NC(=O)c2ccc(Cl)c(NC(=O)c3cccs3)c2)c1. The van der Waals surface area contributed by atoms with Crippen molar-refractivity contribution in [1.29, 1.82) is 0 Å². The van der Waals surface area contributed by atoms with E-state index in [1.165, 1.54) is 17.4 Å². The van der Waals surface area contributed by atoms with E-state index in [1.807, 2.05) is 26.8 Å². The predicted molar refractivity (Wildman–Crippen MR) is 118 cm³/mol. The van der Waals surface area contributed by atoms with Crippen LogP contribution < -0.4 is 10.6 Å². The second-order valence-corrected chi connectivity index (χ2v) is 8.92. The van der Waals surface area contributed by atoms with Crippen LogP contribution in [0.1, 0.15) is 46.4 Å². The summed E-state index contributed by atoms with van der Waals surface area (Å²) in [5.41, 5.74) is 1.81. The van der Waals surface area contributed by atoms with Crippen molar-refractivity contribution in [3.05, 3.63) is 74.9 Å². The van der Waals surface area contributed by atoms with Gasteiger partial charge >= 0.3 is 0 Å². The molecule has 0 aliphatic carbocycles. The molecule has 29 heavy (non-hydrogen) atoms. The number of benzene rings is 2. The van der Waals surface area contributed by atoms with Gasteiger partial charge in [-0.2, -0.15) is 0 Å². The fourth-order valence-corrected chi connectivity index (χ4v) is 3.43. The number of aromatic hydroxyl groups is 1. The lowest BCUT2D eigenvalue weighted by Crippen LogP contribution is -2.16. The molecular weight excluding hydrogens is 408 g/mol. The predicted octanol–water partition coefficient (Wildman–Crippen LogP) is 5.91. The van der Waals surface area contributed by atoms with Crippen LogP contribution in [0.3, 0.4) is 0 Å². The van der Waals surface area contributed by atoms with Gasteiger partial charge in [-0.1, -0.05) is 44.5 Å². The number of phenols is 1. The van der Waals surface area contributed by atoms with Gasteiger partial charge in [0, 0.05) is 5.56 Å². The van der Waals surface area contributed by atoms with Gasteiger partial charge in [-0.15, -0.1) is 11.3 Å². The molecule has 3 aromatic rings. The summed E-state index contributed by atoms with van der Waals surface area (Å²) in [4.78, 5) is 25.6. The smallest absolute Gasteiger partial charge is 0.265 e. The molecule has 0 unspecified atom stereocenters. The maximum Gasteiger partial charge on any atom is 0.265 e. The number of halogens is 1. The van der Waals surface area contributed by atoms with Crippen molar-refractivity contribution in [2.45, 2.75) is 26.2 Å². The standard InChI is InChI=1S/C22H21ClN2O3S/c1-22(2,3)14-7-9-18(26)17(12-14)25-20(27)13-6-8-15(23)16(11-13)24-21(28)19-5-4-10-29-19/h4-12,26H,1-3H3,(H,24,28)(H,25,27). The molecule has 0 bridgehead atoms. The lowest BCUT2D eigenvalue weighted by molar-refractivity contribution is 0.101. The minimum Gasteiger partial charge on any atom is -0.506 e. The van der Waals surface area contributed by atoms with Crippen LogP contribution in [-0.4, -0.2) is 16.9 Å². The largest absolute Gasteiger partial charge is 0.506 e. The van der Waals surface area contributed by atoms with Crippen molar-refractivity contribution in [1.82, 2.24) is 0 Å². The van der Waals surface area contributed by atoms with E-state index in [4.69, 9.17) is 11.6 Å². The zero-order valence-electron chi connectivity index (χ0n) is 16.2. The zero-order valence-corrected chi connectivity index (χ0v) is 17.8. The molecule has 0 radical (unpaired) electrons. The summed E-state index contributed by atoms with van der Waals surface area (Å²) in [5.74, 6) is -0.740. The van der Waals surface area contributed by atoms with Crippen LogP contribution in [-0.2, 0) is 5.41 Å². The number of hydrogen-bond donors (Lipinski definition) is 3. The highest BCUT2D eigenvalue weighted by Crippen LogP contribution is 2.31. The van der Waals surface area contributed by atoms with E-state index in [-0.39, 0.29) is 17.1 Å². The highest BCUT2D eigenvalue weighted by molar-refractivity contribution is 7.12. The number of amides is 2. The molecule has 1 heterocycles. The molecule has 3 rings (SSSR count). The second-order valence-electron chi connectivity index (χ2n) is 7.56. The van der Waals surface area contributed by atoms with E-state index in [2.05, 4.69) is 10.6 Å². The fourth-order valence-electron chi connectivity index (χ4n) is 2.65. The molecule has 0 aliphatic heterocycles. The first kappa shape index (κ1) is 20.9. The molecular formula is C22H21ClN2O3S. The van der Waals surface area contributed by atoms with Gasteiger partial charge in [0.25, 0.3) is 11.8 Å². The summed E-state index contributed by atoms with van der Waals surface area (Å²) in [7, 11) is 0. The van der Waals surface area contributed by atoms with E-state index in [0.717, 1.165) is 5.56 Å². The van der Waals surface area contributed by atoms with Gasteiger partial charge in [-0.25, -0.2) is 0 Å². The third kappa shape index (κ3) is 4.96. The Morgan fingerprint density at radius 3 is 2.34 bits per heavy atom. The van der Waals surface area contributed by atoms with Crippen molar-refractivity contribution in [2.24, 2.45) is 0 Å². The zero-order chi connectivity index (χ0) is 21.2. The van der Waals surface area contributed by atoms with Crippen LogP contribution in [0.25, 0.3) is 0 Å². The van der Waals surface area contributed by atoms with E-state index in [1.54, 1.807) is 41.8 Å². The Balaban J connectivity index is 1.82. The third-order valence-corrected chi connectivity index (χ3v) is 5.53. The Hall–Kier alpha value is -2.83. The monoisotopic (exact) mass is 428 g/mol. The highest BCUT2D eigenvalue weighted by atomic mass is 35.5.